The molecule has 0 bridgehead atoms. The summed E-state index contributed by atoms with van der Waals surface area (Å²) in [5.41, 5.74) is 0.492. The maximum absolute atomic E-state index is 11.5. The number of hydrogen-bond donors (Lipinski definition) is 0. The van der Waals surface area contributed by atoms with Crippen LogP contribution in [-0.2, 0) is 16.4 Å². The van der Waals surface area contributed by atoms with Crippen molar-refractivity contribution in [2.24, 2.45) is 0 Å². The van der Waals surface area contributed by atoms with Gasteiger partial charge in [0.1, 0.15) is 6.07 Å². The van der Waals surface area contributed by atoms with Gasteiger partial charge < -0.3 is 0 Å². The lowest BCUT2D eigenvalue weighted by molar-refractivity contribution is 0.566. The minimum atomic E-state index is -2.97. The fourth-order valence-electron chi connectivity index (χ4n) is 1.21. The van der Waals surface area contributed by atoms with Crippen LogP contribution in [0.25, 0.3) is 0 Å². The monoisotopic (exact) mass is 241 g/mol. The lowest BCUT2D eigenvalue weighted by Gasteiger charge is -2.07. The van der Waals surface area contributed by atoms with E-state index in [1.807, 2.05) is 6.07 Å². The molecule has 0 aliphatic rings. The van der Waals surface area contributed by atoms with Crippen molar-refractivity contribution in [3.05, 3.63) is 18.0 Å². The third-order valence-electron chi connectivity index (χ3n) is 2.30. The topological polar surface area (TPSA) is 75.8 Å². The summed E-state index contributed by atoms with van der Waals surface area (Å²) in [7, 11) is -2.97. The van der Waals surface area contributed by atoms with Crippen LogP contribution >= 0.6 is 0 Å². The first-order valence-electron chi connectivity index (χ1n) is 5.10. The van der Waals surface area contributed by atoms with Crippen molar-refractivity contribution >= 4 is 9.84 Å². The van der Waals surface area contributed by atoms with Gasteiger partial charge in [-0.3, -0.25) is 4.68 Å². The molecule has 0 aliphatic heterocycles. The Morgan fingerprint density at radius 2 is 2.25 bits per heavy atom. The zero-order valence-electron chi connectivity index (χ0n) is 9.42. The zero-order valence-corrected chi connectivity index (χ0v) is 10.2. The van der Waals surface area contributed by atoms with Crippen LogP contribution in [0.1, 0.15) is 25.8 Å². The number of rotatable bonds is 5. The summed E-state index contributed by atoms with van der Waals surface area (Å²) in [5.74, 6) is 0.159. The second-order valence-corrected chi connectivity index (χ2v) is 6.55. The van der Waals surface area contributed by atoms with Gasteiger partial charge in [-0.2, -0.15) is 10.4 Å². The smallest absolute Gasteiger partial charge is 0.152 e. The Labute approximate surface area is 95.6 Å². The number of aryl methyl sites for hydroxylation is 1. The largest absolute Gasteiger partial charge is 0.271 e. The molecular weight excluding hydrogens is 226 g/mol. The van der Waals surface area contributed by atoms with E-state index in [0.717, 1.165) is 0 Å². The number of aromatic nitrogens is 2. The molecule has 1 heterocycles. The first kappa shape index (κ1) is 12.7. The Balaban J connectivity index is 2.45. The summed E-state index contributed by atoms with van der Waals surface area (Å²) in [4.78, 5) is 0. The molecule has 16 heavy (non-hydrogen) atoms. The third-order valence-corrected chi connectivity index (χ3v) is 4.59. The highest BCUT2D eigenvalue weighted by Gasteiger charge is 2.15. The average molecular weight is 241 g/mol. The van der Waals surface area contributed by atoms with E-state index in [1.54, 1.807) is 24.7 Å². The molecule has 0 spiro atoms. The Kier molecular flexibility index (Phi) is 4.07. The van der Waals surface area contributed by atoms with Gasteiger partial charge in [-0.15, -0.1) is 0 Å². The Hall–Kier alpha value is -1.35. The van der Waals surface area contributed by atoms with Gasteiger partial charge in [0.2, 0.25) is 0 Å². The lowest BCUT2D eigenvalue weighted by atomic mass is 10.4. The molecule has 0 amide bonds. The molecule has 1 aromatic heterocycles. The molecule has 0 saturated heterocycles. The predicted octanol–water partition coefficient (Wildman–Crippen LogP) is 0.968. The van der Waals surface area contributed by atoms with E-state index in [-0.39, 0.29) is 11.0 Å². The molecule has 88 valence electrons. The number of hydrogen-bond acceptors (Lipinski definition) is 4. The normalized spacial score (nSPS) is 11.6. The summed E-state index contributed by atoms with van der Waals surface area (Å²) < 4.78 is 24.6. The number of nitrogens with zero attached hydrogens (tertiary/aromatic N) is 3. The highest BCUT2D eigenvalue weighted by atomic mass is 32.2. The summed E-state index contributed by atoms with van der Waals surface area (Å²) in [5, 5.41) is 12.2. The van der Waals surface area contributed by atoms with Gasteiger partial charge in [-0.25, -0.2) is 8.42 Å². The van der Waals surface area contributed by atoms with Crippen molar-refractivity contribution in [3.8, 4) is 6.07 Å². The molecular formula is C10H15N3O2S. The van der Waals surface area contributed by atoms with Crippen LogP contribution in [0, 0.1) is 11.3 Å². The van der Waals surface area contributed by atoms with E-state index in [0.29, 0.717) is 18.5 Å². The van der Waals surface area contributed by atoms with Gasteiger partial charge in [-0.05, 0) is 20.3 Å². The quantitative estimate of drug-likeness (QED) is 0.769. The maximum Gasteiger partial charge on any atom is 0.152 e. The van der Waals surface area contributed by atoms with Gasteiger partial charge in [0.25, 0.3) is 0 Å². The first-order chi connectivity index (χ1) is 7.45. The summed E-state index contributed by atoms with van der Waals surface area (Å²) in [6.07, 6.45) is 3.60. The molecule has 0 unspecified atom stereocenters. The van der Waals surface area contributed by atoms with Crippen molar-refractivity contribution in [2.75, 3.05) is 5.75 Å². The van der Waals surface area contributed by atoms with E-state index >= 15 is 0 Å². The van der Waals surface area contributed by atoms with E-state index < -0.39 is 9.84 Å². The second kappa shape index (κ2) is 5.12. The number of sulfone groups is 1. The highest BCUT2D eigenvalue weighted by molar-refractivity contribution is 7.91. The van der Waals surface area contributed by atoms with Crippen LogP contribution < -0.4 is 0 Å². The van der Waals surface area contributed by atoms with Crippen LogP contribution in [0.2, 0.25) is 0 Å². The zero-order chi connectivity index (χ0) is 12.2. The minimum Gasteiger partial charge on any atom is -0.271 e. The van der Waals surface area contributed by atoms with Crippen molar-refractivity contribution in [2.45, 2.75) is 32.1 Å². The second-order valence-electron chi connectivity index (χ2n) is 3.87. The third kappa shape index (κ3) is 3.35. The SMILES string of the molecule is CC(C)S(=O)(=O)CCCn1cc(C#N)cn1. The molecule has 1 aromatic rings. The Bertz CT molecular complexity index is 482. The van der Waals surface area contributed by atoms with Crippen LogP contribution in [0.15, 0.2) is 12.4 Å². The molecule has 0 fully saturated rings. The van der Waals surface area contributed by atoms with Crippen LogP contribution in [0.4, 0.5) is 0 Å². The molecule has 0 aliphatic carbocycles. The molecule has 0 radical (unpaired) electrons. The predicted molar refractivity (Wildman–Crippen MR) is 60.5 cm³/mol. The molecule has 5 nitrogen and oxygen atoms in total. The van der Waals surface area contributed by atoms with Gasteiger partial charge in [0, 0.05) is 12.7 Å². The van der Waals surface area contributed by atoms with Gasteiger partial charge >= 0.3 is 0 Å². The summed E-state index contributed by atoms with van der Waals surface area (Å²) in [6, 6.07) is 1.97. The van der Waals surface area contributed by atoms with Crippen LogP contribution in [0.3, 0.4) is 0 Å². The van der Waals surface area contributed by atoms with Crippen molar-refractivity contribution in [1.82, 2.24) is 9.78 Å². The van der Waals surface area contributed by atoms with Crippen molar-refractivity contribution < 1.29 is 8.42 Å². The fourth-order valence-corrected chi connectivity index (χ4v) is 2.21. The van der Waals surface area contributed by atoms with Crippen LogP contribution in [-0.4, -0.2) is 29.2 Å². The summed E-state index contributed by atoms with van der Waals surface area (Å²) in [6.45, 7) is 3.88. The fraction of sp³-hybridized carbons (Fsp3) is 0.600. The van der Waals surface area contributed by atoms with Gasteiger partial charge in [0.05, 0.1) is 22.8 Å². The van der Waals surface area contributed by atoms with E-state index in [9.17, 15) is 8.42 Å². The average Bonchev–Trinajstić information content (AvgIpc) is 2.65. The van der Waals surface area contributed by atoms with E-state index in [1.165, 1.54) is 6.20 Å². The molecule has 6 heteroatoms. The molecule has 0 atom stereocenters. The maximum atomic E-state index is 11.5. The molecule has 1 rings (SSSR count). The van der Waals surface area contributed by atoms with E-state index in [2.05, 4.69) is 5.10 Å². The van der Waals surface area contributed by atoms with Gasteiger partial charge in [-0.1, -0.05) is 0 Å². The summed E-state index contributed by atoms with van der Waals surface area (Å²) >= 11 is 0. The van der Waals surface area contributed by atoms with Crippen LogP contribution in [0.5, 0.6) is 0 Å². The van der Waals surface area contributed by atoms with E-state index in [4.69, 9.17) is 5.26 Å². The number of nitriles is 1. The first-order valence-corrected chi connectivity index (χ1v) is 6.81. The highest BCUT2D eigenvalue weighted by Crippen LogP contribution is 2.04. The Morgan fingerprint density at radius 3 is 2.75 bits per heavy atom. The van der Waals surface area contributed by atoms with Gasteiger partial charge in [0.15, 0.2) is 9.84 Å². The van der Waals surface area contributed by atoms with Crippen molar-refractivity contribution in [3.63, 3.8) is 0 Å². The standard InChI is InChI=1S/C10H15N3O2S/c1-9(2)16(14,15)5-3-4-13-8-10(6-11)7-12-13/h7-9H,3-5H2,1-2H3. The van der Waals surface area contributed by atoms with Crippen molar-refractivity contribution in [1.29, 1.82) is 5.26 Å². The minimum absolute atomic E-state index is 0.159. The molecule has 0 saturated carbocycles. The molecule has 0 N–H and O–H groups in total. The molecule has 0 aromatic carbocycles. The Morgan fingerprint density at radius 1 is 1.56 bits per heavy atom. The lowest BCUT2D eigenvalue weighted by Crippen LogP contribution is -2.18.